The Kier molecular flexibility index (Phi) is 11.8. The average Bonchev–Trinajstić information content (AvgIpc) is 2.70. The number of carboxylic acid groups (broad SMARTS) is 1. The van der Waals surface area contributed by atoms with Gasteiger partial charge in [-0.3, -0.25) is 19.2 Å². The summed E-state index contributed by atoms with van der Waals surface area (Å²) in [7, 11) is 0. The van der Waals surface area contributed by atoms with Crippen LogP contribution >= 0.6 is 0 Å². The first-order chi connectivity index (χ1) is 17.0. The van der Waals surface area contributed by atoms with Crippen molar-refractivity contribution in [1.82, 2.24) is 5.32 Å². The van der Waals surface area contributed by atoms with Crippen molar-refractivity contribution in [1.29, 1.82) is 0 Å². The van der Waals surface area contributed by atoms with Crippen molar-refractivity contribution >= 4 is 35.9 Å². The van der Waals surface area contributed by atoms with E-state index in [0.717, 1.165) is 27.7 Å². The molecule has 210 valence electrons. The highest BCUT2D eigenvalue weighted by molar-refractivity contribution is 5.80. The molecule has 0 spiro atoms. The Morgan fingerprint density at radius 2 is 1.30 bits per heavy atom. The van der Waals surface area contributed by atoms with Crippen molar-refractivity contribution in [3.05, 3.63) is 0 Å². The van der Waals surface area contributed by atoms with Gasteiger partial charge in [-0.15, -0.1) is 0 Å². The van der Waals surface area contributed by atoms with E-state index in [9.17, 15) is 33.9 Å². The summed E-state index contributed by atoms with van der Waals surface area (Å²) in [6.45, 7) is 8.85. The lowest BCUT2D eigenvalue weighted by Crippen LogP contribution is -2.62. The lowest BCUT2D eigenvalue weighted by molar-refractivity contribution is -0.253. The van der Waals surface area contributed by atoms with Gasteiger partial charge in [0.1, 0.15) is 24.4 Å². The van der Waals surface area contributed by atoms with Gasteiger partial charge in [0.2, 0.25) is 0 Å². The quantitative estimate of drug-likeness (QED) is 0.297. The fraction of sp³-hybridized carbons (Fsp3) is 0.739. The molecule has 0 aliphatic carbocycles. The number of carboxylic acids is 1. The van der Waals surface area contributed by atoms with Gasteiger partial charge >= 0.3 is 35.9 Å². The molecule has 0 aromatic carbocycles. The minimum atomic E-state index is -1.42. The van der Waals surface area contributed by atoms with Crippen LogP contribution in [0.3, 0.4) is 0 Å². The van der Waals surface area contributed by atoms with Gasteiger partial charge in [0.15, 0.2) is 18.3 Å². The van der Waals surface area contributed by atoms with E-state index in [2.05, 4.69) is 5.32 Å². The standard InChI is InChI=1S/C23H35NO13/c1-11(25)32-10-17-19(34-13(3)27)20(35-14(4)28)18(33-12(2)26)16(36-17)9-8-15(21(29)30)24-22(31)37-23(5,6)7/h15-20H,8-10H2,1-7H3,(H,24,31)(H,29,30)/t15-,16-,17-,18-,19-,20-/m1/s1. The number of ether oxygens (including phenoxy) is 6. The molecule has 1 heterocycles. The molecule has 0 radical (unpaired) electrons. The van der Waals surface area contributed by atoms with Crippen LogP contribution in [0, 0.1) is 0 Å². The molecule has 14 nitrogen and oxygen atoms in total. The Morgan fingerprint density at radius 3 is 1.73 bits per heavy atom. The fourth-order valence-corrected chi connectivity index (χ4v) is 3.59. The third-order valence-corrected chi connectivity index (χ3v) is 4.82. The van der Waals surface area contributed by atoms with Gasteiger partial charge < -0.3 is 38.8 Å². The van der Waals surface area contributed by atoms with Gasteiger partial charge in [-0.2, -0.15) is 0 Å². The SMILES string of the molecule is CC(=O)OC[C@H]1O[C@H](CC[C@@H](NC(=O)OC(C)(C)C)C(=O)O)[C@@H](OC(C)=O)[C@@H](OC(C)=O)[C@@H]1OC(C)=O. The highest BCUT2D eigenvalue weighted by Crippen LogP contribution is 2.31. The maximum atomic E-state index is 12.1. The Morgan fingerprint density at radius 1 is 0.811 bits per heavy atom. The van der Waals surface area contributed by atoms with Crippen LogP contribution in [0.25, 0.3) is 0 Å². The first kappa shape index (κ1) is 31.6. The minimum absolute atomic E-state index is 0.133. The number of hydrogen-bond donors (Lipinski definition) is 2. The molecule has 0 aromatic rings. The second-order valence-electron chi connectivity index (χ2n) is 9.35. The number of carbonyl (C=O) groups is 6. The molecule has 1 aliphatic heterocycles. The van der Waals surface area contributed by atoms with Gasteiger partial charge in [0.05, 0.1) is 6.10 Å². The summed E-state index contributed by atoms with van der Waals surface area (Å²) in [5.41, 5.74) is -0.868. The van der Waals surface area contributed by atoms with E-state index >= 15 is 0 Å². The predicted octanol–water partition coefficient (Wildman–Crippen LogP) is 0.870. The second kappa shape index (κ2) is 13.8. The zero-order valence-electron chi connectivity index (χ0n) is 21.9. The van der Waals surface area contributed by atoms with Crippen LogP contribution in [-0.2, 0) is 52.4 Å². The van der Waals surface area contributed by atoms with Crippen LogP contribution in [0.2, 0.25) is 0 Å². The van der Waals surface area contributed by atoms with Crippen LogP contribution in [0.1, 0.15) is 61.3 Å². The normalized spacial score (nSPS) is 24.1. The van der Waals surface area contributed by atoms with Crippen molar-refractivity contribution in [2.24, 2.45) is 0 Å². The molecule has 1 aliphatic rings. The van der Waals surface area contributed by atoms with Crippen molar-refractivity contribution in [3.63, 3.8) is 0 Å². The molecule has 6 atom stereocenters. The molecule has 37 heavy (non-hydrogen) atoms. The highest BCUT2D eigenvalue weighted by atomic mass is 16.7. The van der Waals surface area contributed by atoms with Gasteiger partial charge in [0, 0.05) is 27.7 Å². The van der Waals surface area contributed by atoms with E-state index in [1.807, 2.05) is 0 Å². The molecule has 0 bridgehead atoms. The summed E-state index contributed by atoms with van der Waals surface area (Å²) in [5, 5.41) is 11.8. The molecule has 1 fully saturated rings. The zero-order chi connectivity index (χ0) is 28.5. The van der Waals surface area contributed by atoms with Gasteiger partial charge in [-0.1, -0.05) is 0 Å². The first-order valence-electron chi connectivity index (χ1n) is 11.5. The first-order valence-corrected chi connectivity index (χ1v) is 11.5. The molecule has 0 unspecified atom stereocenters. The number of aliphatic carboxylic acids is 1. The van der Waals surface area contributed by atoms with E-state index < -0.39 is 84.7 Å². The largest absolute Gasteiger partial charge is 0.480 e. The van der Waals surface area contributed by atoms with Crippen LogP contribution < -0.4 is 5.32 Å². The van der Waals surface area contributed by atoms with Gasteiger partial charge in [-0.05, 0) is 33.6 Å². The van der Waals surface area contributed by atoms with E-state index in [0.29, 0.717) is 0 Å². The maximum absolute atomic E-state index is 12.1. The number of nitrogens with one attached hydrogen (secondary N) is 1. The number of esters is 4. The highest BCUT2D eigenvalue weighted by Gasteiger charge is 2.52. The number of rotatable bonds is 10. The molecule has 2 N–H and O–H groups in total. The summed E-state index contributed by atoms with van der Waals surface area (Å²) >= 11 is 0. The third kappa shape index (κ3) is 11.5. The van der Waals surface area contributed by atoms with Crippen molar-refractivity contribution in [3.8, 4) is 0 Å². The molecule has 0 saturated carbocycles. The Hall–Kier alpha value is -3.42. The van der Waals surface area contributed by atoms with Crippen LogP contribution in [0.4, 0.5) is 4.79 Å². The minimum Gasteiger partial charge on any atom is -0.480 e. The fourth-order valence-electron chi connectivity index (χ4n) is 3.59. The van der Waals surface area contributed by atoms with E-state index in [1.54, 1.807) is 20.8 Å². The second-order valence-corrected chi connectivity index (χ2v) is 9.35. The zero-order valence-corrected chi connectivity index (χ0v) is 21.9. The van der Waals surface area contributed by atoms with Crippen LogP contribution in [0.5, 0.6) is 0 Å². The number of amides is 1. The third-order valence-electron chi connectivity index (χ3n) is 4.82. The monoisotopic (exact) mass is 533 g/mol. The predicted molar refractivity (Wildman–Crippen MR) is 122 cm³/mol. The van der Waals surface area contributed by atoms with Gasteiger partial charge in [-0.25, -0.2) is 9.59 Å². The van der Waals surface area contributed by atoms with Crippen molar-refractivity contribution < 1.29 is 62.3 Å². The van der Waals surface area contributed by atoms with Crippen molar-refractivity contribution in [2.75, 3.05) is 6.61 Å². The number of hydrogen-bond acceptors (Lipinski definition) is 12. The van der Waals surface area contributed by atoms with Crippen LogP contribution in [0.15, 0.2) is 0 Å². The van der Waals surface area contributed by atoms with Crippen molar-refractivity contribution in [2.45, 2.75) is 103 Å². The van der Waals surface area contributed by atoms with E-state index in [1.165, 1.54) is 0 Å². The lowest BCUT2D eigenvalue weighted by atomic mass is 9.91. The lowest BCUT2D eigenvalue weighted by Gasteiger charge is -2.44. The molecule has 1 rings (SSSR count). The summed E-state index contributed by atoms with van der Waals surface area (Å²) in [6.07, 6.45) is -7.59. The number of carbonyl (C=O) groups excluding carboxylic acids is 5. The van der Waals surface area contributed by atoms with Crippen LogP contribution in [-0.4, -0.2) is 89.8 Å². The Labute approximate surface area is 214 Å². The Bertz CT molecular complexity index is 865. The molecular formula is C23H35NO13. The summed E-state index contributed by atoms with van der Waals surface area (Å²) in [5.74, 6) is -4.37. The summed E-state index contributed by atoms with van der Waals surface area (Å²) < 4.78 is 32.0. The van der Waals surface area contributed by atoms with Gasteiger partial charge in [0.25, 0.3) is 0 Å². The smallest absolute Gasteiger partial charge is 0.408 e. The van der Waals surface area contributed by atoms with E-state index in [-0.39, 0.29) is 12.8 Å². The molecule has 1 saturated heterocycles. The maximum Gasteiger partial charge on any atom is 0.408 e. The number of alkyl carbamates (subject to hydrolysis) is 1. The molecular weight excluding hydrogens is 498 g/mol. The molecule has 0 aromatic heterocycles. The molecule has 1 amide bonds. The Balaban J connectivity index is 3.27. The summed E-state index contributed by atoms with van der Waals surface area (Å²) in [6, 6.07) is -1.42. The van der Waals surface area contributed by atoms with E-state index in [4.69, 9.17) is 28.4 Å². The topological polar surface area (TPSA) is 190 Å². The average molecular weight is 534 g/mol. The summed E-state index contributed by atoms with van der Waals surface area (Å²) in [4.78, 5) is 70.8. The molecule has 14 heteroatoms.